The first-order valence-corrected chi connectivity index (χ1v) is 11.5. The number of carbonyl (C=O) groups is 1. The molecule has 7 heteroatoms. The minimum atomic E-state index is -0.577. The van der Waals surface area contributed by atoms with Crippen LogP contribution < -0.4 is 5.43 Å². The van der Waals surface area contributed by atoms with Gasteiger partial charge in [0.2, 0.25) is 5.76 Å². The van der Waals surface area contributed by atoms with Crippen molar-refractivity contribution in [1.82, 2.24) is 4.90 Å². The maximum absolute atomic E-state index is 13.5. The number of hydrogen-bond acceptors (Lipinski definition) is 3. The van der Waals surface area contributed by atoms with Crippen LogP contribution in [0.2, 0.25) is 5.02 Å². The van der Waals surface area contributed by atoms with E-state index < -0.39 is 6.04 Å². The molecule has 0 N–H and O–H groups in total. The van der Waals surface area contributed by atoms with Crippen LogP contribution >= 0.6 is 43.5 Å². The molecular formula is C24H14Br2ClNO3. The van der Waals surface area contributed by atoms with Gasteiger partial charge in [0.15, 0.2) is 5.43 Å². The van der Waals surface area contributed by atoms with Crippen molar-refractivity contribution in [3.8, 4) is 0 Å². The zero-order chi connectivity index (χ0) is 21.7. The Labute approximate surface area is 199 Å². The number of hydrogen-bond donors (Lipinski definition) is 0. The molecule has 3 aromatic carbocycles. The van der Waals surface area contributed by atoms with Crippen LogP contribution in [0.3, 0.4) is 0 Å². The van der Waals surface area contributed by atoms with E-state index in [2.05, 4.69) is 31.9 Å². The Balaban J connectivity index is 1.74. The molecule has 0 spiro atoms. The van der Waals surface area contributed by atoms with E-state index in [1.165, 1.54) is 0 Å². The van der Waals surface area contributed by atoms with E-state index in [1.54, 1.807) is 29.2 Å². The minimum Gasteiger partial charge on any atom is -0.450 e. The first kappa shape index (κ1) is 20.5. The third-order valence-corrected chi connectivity index (χ3v) is 6.80. The van der Waals surface area contributed by atoms with Crippen LogP contribution in [0, 0.1) is 0 Å². The maximum atomic E-state index is 13.5. The number of fused-ring (bicyclic) bond motifs is 2. The summed E-state index contributed by atoms with van der Waals surface area (Å²) in [6, 6.07) is 19.6. The summed E-state index contributed by atoms with van der Waals surface area (Å²) in [5.41, 5.74) is 2.15. The van der Waals surface area contributed by atoms with Gasteiger partial charge >= 0.3 is 0 Å². The second kappa shape index (κ2) is 7.93. The second-order valence-electron chi connectivity index (χ2n) is 7.29. The average Bonchev–Trinajstić information content (AvgIpc) is 3.03. The highest BCUT2D eigenvalue weighted by molar-refractivity contribution is 9.10. The molecule has 31 heavy (non-hydrogen) atoms. The van der Waals surface area contributed by atoms with Crippen LogP contribution in [-0.2, 0) is 6.54 Å². The smallest absolute Gasteiger partial charge is 0.291 e. The first-order valence-electron chi connectivity index (χ1n) is 9.50. The van der Waals surface area contributed by atoms with Crippen LogP contribution in [0.5, 0.6) is 0 Å². The fraction of sp³-hybridized carbons (Fsp3) is 0.0833. The predicted octanol–water partition coefficient (Wildman–Crippen LogP) is 6.72. The molecule has 1 aliphatic rings. The van der Waals surface area contributed by atoms with Crippen molar-refractivity contribution < 1.29 is 9.21 Å². The molecule has 0 saturated carbocycles. The average molecular weight is 560 g/mol. The number of rotatable bonds is 3. The fourth-order valence-electron chi connectivity index (χ4n) is 3.96. The summed E-state index contributed by atoms with van der Waals surface area (Å²) >= 11 is 13.2. The van der Waals surface area contributed by atoms with Gasteiger partial charge in [0.05, 0.1) is 17.0 Å². The van der Waals surface area contributed by atoms with Gasteiger partial charge in [-0.15, -0.1) is 0 Å². The molecule has 1 aromatic heterocycles. The molecule has 4 nitrogen and oxygen atoms in total. The molecule has 1 aliphatic heterocycles. The topological polar surface area (TPSA) is 50.5 Å². The molecule has 5 rings (SSSR count). The van der Waals surface area contributed by atoms with E-state index >= 15 is 0 Å². The van der Waals surface area contributed by atoms with Gasteiger partial charge in [-0.05, 0) is 47.5 Å². The van der Waals surface area contributed by atoms with Crippen LogP contribution in [-0.4, -0.2) is 10.8 Å². The van der Waals surface area contributed by atoms with Gasteiger partial charge in [-0.1, -0.05) is 73.8 Å². The molecule has 0 radical (unpaired) electrons. The highest BCUT2D eigenvalue weighted by Gasteiger charge is 2.42. The van der Waals surface area contributed by atoms with Gasteiger partial charge < -0.3 is 9.32 Å². The Kier molecular flexibility index (Phi) is 5.24. The molecule has 0 saturated heterocycles. The Morgan fingerprint density at radius 3 is 2.39 bits per heavy atom. The molecule has 0 bridgehead atoms. The van der Waals surface area contributed by atoms with Crippen molar-refractivity contribution in [2.24, 2.45) is 0 Å². The summed E-state index contributed by atoms with van der Waals surface area (Å²) in [5.74, 6) is -0.246. The molecule has 1 atom stereocenters. The molecule has 4 aromatic rings. The Morgan fingerprint density at radius 2 is 1.65 bits per heavy atom. The van der Waals surface area contributed by atoms with Gasteiger partial charge in [-0.3, -0.25) is 9.59 Å². The molecule has 0 fully saturated rings. The summed E-state index contributed by atoms with van der Waals surface area (Å²) in [5, 5.41) is 0.997. The third-order valence-electron chi connectivity index (χ3n) is 5.41. The van der Waals surface area contributed by atoms with Gasteiger partial charge in [0.1, 0.15) is 5.58 Å². The van der Waals surface area contributed by atoms with Gasteiger partial charge in [-0.2, -0.15) is 0 Å². The van der Waals surface area contributed by atoms with Crippen molar-refractivity contribution in [3.05, 3.63) is 113 Å². The summed E-state index contributed by atoms with van der Waals surface area (Å²) in [6.45, 7) is 0.253. The molecule has 1 amide bonds. The molecule has 154 valence electrons. The van der Waals surface area contributed by atoms with Crippen molar-refractivity contribution in [1.29, 1.82) is 0 Å². The lowest BCUT2D eigenvalue weighted by molar-refractivity contribution is 0.0714. The summed E-state index contributed by atoms with van der Waals surface area (Å²) in [7, 11) is 0. The van der Waals surface area contributed by atoms with E-state index in [0.717, 1.165) is 20.1 Å². The Bertz CT molecular complexity index is 1400. The van der Waals surface area contributed by atoms with Crippen LogP contribution in [0.1, 0.15) is 33.3 Å². The van der Waals surface area contributed by atoms with Crippen molar-refractivity contribution in [2.75, 3.05) is 0 Å². The van der Waals surface area contributed by atoms with E-state index in [-0.39, 0.29) is 23.6 Å². The maximum Gasteiger partial charge on any atom is 0.291 e. The van der Waals surface area contributed by atoms with Gasteiger partial charge in [-0.25, -0.2) is 0 Å². The Hall–Kier alpha value is -2.41. The minimum absolute atomic E-state index is 0.0831. The van der Waals surface area contributed by atoms with Crippen molar-refractivity contribution in [3.63, 3.8) is 0 Å². The number of nitrogens with zero attached hydrogens (tertiary/aromatic N) is 1. The van der Waals surface area contributed by atoms with E-state index in [0.29, 0.717) is 21.6 Å². The monoisotopic (exact) mass is 557 g/mol. The summed E-state index contributed by atoms with van der Waals surface area (Å²) in [4.78, 5) is 28.6. The molecule has 0 aliphatic carbocycles. The predicted molar refractivity (Wildman–Crippen MR) is 127 cm³/mol. The molecule has 2 heterocycles. The largest absolute Gasteiger partial charge is 0.450 e. The standard InChI is InChI=1S/C24H14Br2ClNO3/c25-15-7-5-13(6-8-15)21-20-22(29)17-11-16(26)9-10-19(17)31-23(20)24(30)28(21)12-14-3-1-2-4-18(14)27/h1-11,21H,12H2. The zero-order valence-corrected chi connectivity index (χ0v) is 19.9. The highest BCUT2D eigenvalue weighted by atomic mass is 79.9. The second-order valence-corrected chi connectivity index (χ2v) is 9.53. The van der Waals surface area contributed by atoms with Gasteiger partial charge in [0.25, 0.3) is 5.91 Å². The van der Waals surface area contributed by atoms with Crippen molar-refractivity contribution >= 4 is 60.3 Å². The molecule has 1 unspecified atom stereocenters. The third kappa shape index (κ3) is 3.53. The highest BCUT2D eigenvalue weighted by Crippen LogP contribution is 2.40. The number of halogens is 3. The van der Waals surface area contributed by atoms with E-state index in [1.807, 2.05) is 42.5 Å². The SMILES string of the molecule is O=C1c2oc3ccc(Br)cc3c(=O)c2C(c2ccc(Br)cc2)N1Cc1ccccc1Cl. The zero-order valence-electron chi connectivity index (χ0n) is 15.9. The van der Waals surface area contributed by atoms with Gasteiger partial charge in [0, 0.05) is 20.5 Å². The number of benzene rings is 3. The normalized spacial score (nSPS) is 15.5. The van der Waals surface area contributed by atoms with Crippen molar-refractivity contribution in [2.45, 2.75) is 12.6 Å². The lowest BCUT2D eigenvalue weighted by Gasteiger charge is -2.25. The van der Waals surface area contributed by atoms with E-state index in [4.69, 9.17) is 16.0 Å². The lowest BCUT2D eigenvalue weighted by atomic mass is 9.98. The number of carbonyl (C=O) groups excluding carboxylic acids is 1. The summed E-state index contributed by atoms with van der Waals surface area (Å²) < 4.78 is 7.65. The van der Waals surface area contributed by atoms with Crippen LogP contribution in [0.15, 0.2) is 84.9 Å². The Morgan fingerprint density at radius 1 is 0.935 bits per heavy atom. The van der Waals surface area contributed by atoms with Crippen LogP contribution in [0.25, 0.3) is 11.0 Å². The fourth-order valence-corrected chi connectivity index (χ4v) is 4.78. The van der Waals surface area contributed by atoms with Crippen LogP contribution in [0.4, 0.5) is 0 Å². The lowest BCUT2D eigenvalue weighted by Crippen LogP contribution is -2.29. The molecular weight excluding hydrogens is 546 g/mol. The van der Waals surface area contributed by atoms with E-state index in [9.17, 15) is 9.59 Å². The quantitative estimate of drug-likeness (QED) is 0.280. The first-order chi connectivity index (χ1) is 14.9. The summed E-state index contributed by atoms with van der Waals surface area (Å²) in [6.07, 6.45) is 0. The number of amides is 1.